The lowest BCUT2D eigenvalue weighted by molar-refractivity contribution is 1.02. The van der Waals surface area contributed by atoms with Crippen LogP contribution < -0.4 is 11.3 Å². The van der Waals surface area contributed by atoms with Crippen molar-refractivity contribution in [2.45, 2.75) is 13.3 Å². The number of nitrogens with one attached hydrogen (secondary N) is 1. The van der Waals surface area contributed by atoms with Gasteiger partial charge in [-0.15, -0.1) is 0 Å². The third kappa shape index (κ3) is 2.29. The van der Waals surface area contributed by atoms with Crippen molar-refractivity contribution < 1.29 is 0 Å². The summed E-state index contributed by atoms with van der Waals surface area (Å²) in [6, 6.07) is 8.17. The minimum atomic E-state index is 0.718. The van der Waals surface area contributed by atoms with Crippen molar-refractivity contribution >= 4 is 5.84 Å². The summed E-state index contributed by atoms with van der Waals surface area (Å²) in [6.45, 7) is 2.12. The number of nitrogens with two attached hydrogens (primary N) is 1. The smallest absolute Gasteiger partial charge is 0.142 e. The molecule has 13 heavy (non-hydrogen) atoms. The number of amidine groups is 1. The van der Waals surface area contributed by atoms with E-state index in [2.05, 4.69) is 29.5 Å². The van der Waals surface area contributed by atoms with Gasteiger partial charge in [-0.05, 0) is 18.1 Å². The Morgan fingerprint density at radius 3 is 2.85 bits per heavy atom. The standard InChI is InChI=1S/C10H15N3/c1-3-8-5-4-6-9(7-8)10(12-2)13-11/h4-7H,3,11H2,1-2H3,(H,12,13). The summed E-state index contributed by atoms with van der Waals surface area (Å²) in [5.41, 5.74) is 4.89. The first kappa shape index (κ1) is 9.74. The number of hydrogen-bond acceptors (Lipinski definition) is 2. The Morgan fingerprint density at radius 2 is 2.31 bits per heavy atom. The second-order valence-corrected chi connectivity index (χ2v) is 2.77. The van der Waals surface area contributed by atoms with Crippen LogP contribution >= 0.6 is 0 Å². The topological polar surface area (TPSA) is 50.4 Å². The molecule has 70 valence electrons. The zero-order valence-corrected chi connectivity index (χ0v) is 8.04. The molecular weight excluding hydrogens is 162 g/mol. The summed E-state index contributed by atoms with van der Waals surface area (Å²) in [6.07, 6.45) is 1.02. The molecule has 0 radical (unpaired) electrons. The number of benzene rings is 1. The third-order valence-corrected chi connectivity index (χ3v) is 1.97. The fourth-order valence-electron chi connectivity index (χ4n) is 1.22. The number of nitrogens with zero attached hydrogens (tertiary/aromatic N) is 1. The molecule has 3 heteroatoms. The number of rotatable bonds is 2. The highest BCUT2D eigenvalue weighted by Gasteiger charge is 1.99. The zero-order valence-electron chi connectivity index (χ0n) is 8.04. The van der Waals surface area contributed by atoms with E-state index in [-0.39, 0.29) is 0 Å². The maximum absolute atomic E-state index is 5.33. The van der Waals surface area contributed by atoms with Gasteiger partial charge in [-0.25, -0.2) is 5.84 Å². The number of hydrazine groups is 1. The van der Waals surface area contributed by atoms with Gasteiger partial charge in [-0.2, -0.15) is 0 Å². The molecule has 0 saturated heterocycles. The Labute approximate surface area is 78.6 Å². The van der Waals surface area contributed by atoms with Gasteiger partial charge in [0.2, 0.25) is 0 Å². The second-order valence-electron chi connectivity index (χ2n) is 2.77. The quantitative estimate of drug-likeness (QED) is 0.307. The fourth-order valence-corrected chi connectivity index (χ4v) is 1.22. The van der Waals surface area contributed by atoms with Gasteiger partial charge < -0.3 is 5.43 Å². The van der Waals surface area contributed by atoms with Crippen LogP contribution in [0.5, 0.6) is 0 Å². The van der Waals surface area contributed by atoms with E-state index in [0.29, 0.717) is 0 Å². The van der Waals surface area contributed by atoms with Crippen LogP contribution in [-0.4, -0.2) is 12.9 Å². The molecule has 0 aromatic heterocycles. The van der Waals surface area contributed by atoms with Crippen LogP contribution in [0, 0.1) is 0 Å². The van der Waals surface area contributed by atoms with E-state index in [9.17, 15) is 0 Å². The largest absolute Gasteiger partial charge is 0.308 e. The predicted molar refractivity (Wildman–Crippen MR) is 55.6 cm³/mol. The lowest BCUT2D eigenvalue weighted by Crippen LogP contribution is -2.30. The summed E-state index contributed by atoms with van der Waals surface area (Å²) < 4.78 is 0. The van der Waals surface area contributed by atoms with Gasteiger partial charge in [0, 0.05) is 12.6 Å². The summed E-state index contributed by atoms with van der Waals surface area (Å²) in [7, 11) is 1.72. The van der Waals surface area contributed by atoms with Crippen LogP contribution in [0.4, 0.5) is 0 Å². The molecule has 0 heterocycles. The molecule has 0 fully saturated rings. The van der Waals surface area contributed by atoms with E-state index in [1.54, 1.807) is 7.05 Å². The van der Waals surface area contributed by atoms with E-state index in [1.807, 2.05) is 12.1 Å². The van der Waals surface area contributed by atoms with E-state index in [1.165, 1.54) is 5.56 Å². The third-order valence-electron chi connectivity index (χ3n) is 1.97. The fraction of sp³-hybridized carbons (Fsp3) is 0.300. The molecule has 0 aliphatic heterocycles. The first-order chi connectivity index (χ1) is 6.31. The first-order valence-corrected chi connectivity index (χ1v) is 4.34. The lowest BCUT2D eigenvalue weighted by Gasteiger charge is -2.05. The zero-order chi connectivity index (χ0) is 9.68. The highest BCUT2D eigenvalue weighted by atomic mass is 15.2. The van der Waals surface area contributed by atoms with Crippen LogP contribution in [-0.2, 0) is 6.42 Å². The first-order valence-electron chi connectivity index (χ1n) is 4.34. The normalized spacial score (nSPS) is 11.5. The van der Waals surface area contributed by atoms with Gasteiger partial charge >= 0.3 is 0 Å². The van der Waals surface area contributed by atoms with Crippen LogP contribution in [0.15, 0.2) is 29.3 Å². The molecule has 0 bridgehead atoms. The van der Waals surface area contributed by atoms with Crippen LogP contribution in [0.25, 0.3) is 0 Å². The molecule has 0 saturated carbocycles. The molecule has 1 aromatic carbocycles. The predicted octanol–water partition coefficient (Wildman–Crippen LogP) is 1.09. The molecule has 1 aromatic rings. The van der Waals surface area contributed by atoms with Gasteiger partial charge in [0.25, 0.3) is 0 Å². The second kappa shape index (κ2) is 4.62. The van der Waals surface area contributed by atoms with Crippen molar-refractivity contribution in [1.29, 1.82) is 0 Å². The van der Waals surface area contributed by atoms with Crippen LogP contribution in [0.2, 0.25) is 0 Å². The Balaban J connectivity index is 3.00. The molecule has 0 unspecified atom stereocenters. The van der Waals surface area contributed by atoms with Gasteiger partial charge in [-0.1, -0.05) is 25.1 Å². The molecule has 0 spiro atoms. The Hall–Kier alpha value is -1.35. The van der Waals surface area contributed by atoms with E-state index < -0.39 is 0 Å². The monoisotopic (exact) mass is 177 g/mol. The van der Waals surface area contributed by atoms with Crippen molar-refractivity contribution in [2.24, 2.45) is 10.8 Å². The lowest BCUT2D eigenvalue weighted by atomic mass is 10.1. The number of hydrogen-bond donors (Lipinski definition) is 2. The summed E-state index contributed by atoms with van der Waals surface area (Å²) in [5, 5.41) is 0. The van der Waals surface area contributed by atoms with Gasteiger partial charge in [0.1, 0.15) is 5.84 Å². The average molecular weight is 177 g/mol. The molecular formula is C10H15N3. The van der Waals surface area contributed by atoms with Crippen LogP contribution in [0.1, 0.15) is 18.1 Å². The molecule has 0 aliphatic carbocycles. The molecule has 3 N–H and O–H groups in total. The van der Waals surface area contributed by atoms with Crippen LogP contribution in [0.3, 0.4) is 0 Å². The number of aryl methyl sites for hydroxylation is 1. The Bertz CT molecular complexity index is 305. The maximum Gasteiger partial charge on any atom is 0.142 e. The molecule has 0 amide bonds. The van der Waals surface area contributed by atoms with E-state index in [4.69, 9.17) is 5.84 Å². The average Bonchev–Trinajstić information content (AvgIpc) is 2.20. The van der Waals surface area contributed by atoms with Crippen molar-refractivity contribution in [3.63, 3.8) is 0 Å². The van der Waals surface area contributed by atoms with E-state index in [0.717, 1.165) is 17.8 Å². The molecule has 0 atom stereocenters. The van der Waals surface area contributed by atoms with Gasteiger partial charge in [0.05, 0.1) is 0 Å². The van der Waals surface area contributed by atoms with Crippen molar-refractivity contribution in [3.8, 4) is 0 Å². The minimum Gasteiger partial charge on any atom is -0.308 e. The highest BCUT2D eigenvalue weighted by molar-refractivity contribution is 5.98. The molecule has 0 aliphatic rings. The van der Waals surface area contributed by atoms with Gasteiger partial charge in [-0.3, -0.25) is 4.99 Å². The minimum absolute atomic E-state index is 0.718. The Morgan fingerprint density at radius 1 is 1.54 bits per heavy atom. The summed E-state index contributed by atoms with van der Waals surface area (Å²) in [5.74, 6) is 6.04. The SMILES string of the molecule is CCc1cccc(C(=NC)NN)c1. The van der Waals surface area contributed by atoms with Crippen molar-refractivity contribution in [3.05, 3.63) is 35.4 Å². The summed E-state index contributed by atoms with van der Waals surface area (Å²) >= 11 is 0. The Kier molecular flexibility index (Phi) is 3.46. The van der Waals surface area contributed by atoms with E-state index >= 15 is 0 Å². The summed E-state index contributed by atoms with van der Waals surface area (Å²) in [4.78, 5) is 4.03. The van der Waals surface area contributed by atoms with Gasteiger partial charge in [0.15, 0.2) is 0 Å². The number of aliphatic imine (C=N–C) groups is 1. The van der Waals surface area contributed by atoms with Crippen molar-refractivity contribution in [2.75, 3.05) is 7.05 Å². The highest BCUT2D eigenvalue weighted by Crippen LogP contribution is 2.05. The molecule has 1 rings (SSSR count). The maximum atomic E-state index is 5.33. The van der Waals surface area contributed by atoms with Crippen molar-refractivity contribution in [1.82, 2.24) is 5.43 Å². The molecule has 3 nitrogen and oxygen atoms in total.